The summed E-state index contributed by atoms with van der Waals surface area (Å²) in [5.74, 6) is 0.605. The summed E-state index contributed by atoms with van der Waals surface area (Å²) < 4.78 is 0. The van der Waals surface area contributed by atoms with Crippen LogP contribution in [-0.2, 0) is 4.79 Å². The number of nitrogens with one attached hydrogen (secondary N) is 2. The Balaban J connectivity index is 1.48. The van der Waals surface area contributed by atoms with Crippen molar-refractivity contribution in [3.63, 3.8) is 0 Å². The van der Waals surface area contributed by atoms with Crippen molar-refractivity contribution in [2.75, 3.05) is 11.9 Å². The summed E-state index contributed by atoms with van der Waals surface area (Å²) in [6.45, 7) is 4.85. The Kier molecular flexibility index (Phi) is 5.39. The van der Waals surface area contributed by atoms with Crippen LogP contribution >= 0.6 is 0 Å². The zero-order valence-corrected chi connectivity index (χ0v) is 16.5. The second-order valence-corrected chi connectivity index (χ2v) is 7.71. The minimum Gasteiger partial charge on any atom is -0.310 e. The van der Waals surface area contributed by atoms with Crippen LogP contribution in [0, 0.1) is 0 Å². The smallest absolute Gasteiger partial charge is 0.239 e. The van der Waals surface area contributed by atoms with Crippen molar-refractivity contribution in [2.45, 2.75) is 51.6 Å². The molecule has 3 aromatic rings. The molecule has 0 spiro atoms. The highest BCUT2D eigenvalue weighted by Gasteiger charge is 2.31. The maximum absolute atomic E-state index is 12.6. The van der Waals surface area contributed by atoms with E-state index in [1.54, 1.807) is 6.20 Å². The monoisotopic (exact) mass is 377 g/mol. The topological polar surface area (TPSA) is 73.9 Å². The molecule has 1 saturated heterocycles. The number of carbonyl (C=O) groups excluding carboxylic acids is 1. The van der Waals surface area contributed by atoms with Gasteiger partial charge in [-0.25, -0.2) is 4.98 Å². The summed E-state index contributed by atoms with van der Waals surface area (Å²) in [5.41, 5.74) is 2.12. The van der Waals surface area contributed by atoms with E-state index in [1.165, 1.54) is 12.8 Å². The van der Waals surface area contributed by atoms with Crippen molar-refractivity contribution in [1.29, 1.82) is 0 Å². The maximum Gasteiger partial charge on any atom is 0.239 e. The number of H-pyrrole nitrogens is 1. The lowest BCUT2D eigenvalue weighted by Gasteiger charge is -2.27. The zero-order chi connectivity index (χ0) is 19.5. The third-order valence-electron chi connectivity index (χ3n) is 5.72. The van der Waals surface area contributed by atoms with E-state index < -0.39 is 0 Å². The fraction of sp³-hybridized carbons (Fsp3) is 0.409. The van der Waals surface area contributed by atoms with Crippen LogP contribution in [0.1, 0.15) is 39.5 Å². The molecule has 2 aromatic heterocycles. The number of anilines is 1. The molecule has 1 aliphatic rings. The molecule has 3 heterocycles. The minimum atomic E-state index is 0.00712. The van der Waals surface area contributed by atoms with Gasteiger partial charge in [-0.15, -0.1) is 0 Å². The normalized spacial score (nSPS) is 19.9. The number of amides is 1. The Morgan fingerprint density at radius 1 is 1.21 bits per heavy atom. The van der Waals surface area contributed by atoms with Crippen LogP contribution in [0.15, 0.2) is 42.9 Å². The lowest BCUT2D eigenvalue weighted by atomic mass is 10.1. The molecule has 0 radical (unpaired) electrons. The average Bonchev–Trinajstić information content (AvgIpc) is 3.34. The largest absolute Gasteiger partial charge is 0.310 e. The van der Waals surface area contributed by atoms with Crippen molar-refractivity contribution < 1.29 is 4.79 Å². The molecule has 2 atom stereocenters. The van der Waals surface area contributed by atoms with Gasteiger partial charge in [0, 0.05) is 35.4 Å². The predicted octanol–water partition coefficient (Wildman–Crippen LogP) is 4.22. The summed E-state index contributed by atoms with van der Waals surface area (Å²) in [6.07, 6.45) is 10.1. The molecular formula is C22H27N5O. The highest BCUT2D eigenvalue weighted by atomic mass is 16.2. The molecule has 2 unspecified atom stereocenters. The average molecular weight is 377 g/mol. The summed E-state index contributed by atoms with van der Waals surface area (Å²) in [7, 11) is 0. The number of nitrogens with zero attached hydrogens (tertiary/aromatic N) is 3. The zero-order valence-electron chi connectivity index (χ0n) is 16.5. The molecule has 1 aliphatic heterocycles. The number of hydrogen-bond donors (Lipinski definition) is 2. The third kappa shape index (κ3) is 3.92. The van der Waals surface area contributed by atoms with Crippen LogP contribution in [0.2, 0.25) is 0 Å². The van der Waals surface area contributed by atoms with Crippen LogP contribution in [0.5, 0.6) is 0 Å². The first-order chi connectivity index (χ1) is 13.6. The van der Waals surface area contributed by atoms with E-state index in [2.05, 4.69) is 51.4 Å². The van der Waals surface area contributed by atoms with Gasteiger partial charge in [-0.2, -0.15) is 5.10 Å². The number of hydrogen-bond acceptors (Lipinski definition) is 4. The van der Waals surface area contributed by atoms with Crippen LogP contribution in [-0.4, -0.2) is 44.6 Å². The molecule has 4 rings (SSSR count). The fourth-order valence-electron chi connectivity index (χ4n) is 4.20. The maximum atomic E-state index is 12.6. The highest BCUT2D eigenvalue weighted by Crippen LogP contribution is 2.27. The van der Waals surface area contributed by atoms with Crippen LogP contribution in [0.3, 0.4) is 0 Å². The number of carbonyl (C=O) groups is 1. The molecule has 0 saturated carbocycles. The second kappa shape index (κ2) is 8.10. The number of aromatic amines is 1. The Hall–Kier alpha value is -2.73. The van der Waals surface area contributed by atoms with Gasteiger partial charge < -0.3 is 5.32 Å². The molecule has 6 nitrogen and oxygen atoms in total. The number of aromatic nitrogens is 3. The molecule has 0 aliphatic carbocycles. The lowest BCUT2D eigenvalue weighted by molar-refractivity contribution is -0.118. The predicted molar refractivity (Wildman–Crippen MR) is 112 cm³/mol. The number of likely N-dealkylation sites (tertiary alicyclic amines) is 1. The molecule has 2 N–H and O–H groups in total. The van der Waals surface area contributed by atoms with E-state index in [0.29, 0.717) is 24.4 Å². The summed E-state index contributed by atoms with van der Waals surface area (Å²) in [6, 6.07) is 9.11. The standard InChI is InChI=1S/C22H27N5O/c1-3-4-20-8-5-15(2)27(20)14-22(28)26-21-10-18-9-16(19-12-24-25-13-19)6-7-17(18)11-23-21/h6-7,9-13,15,20H,3-5,8,14H2,1-2H3,(H,24,25)(H,23,26,28). The van der Waals surface area contributed by atoms with Gasteiger partial charge in [-0.05, 0) is 49.3 Å². The van der Waals surface area contributed by atoms with E-state index in [4.69, 9.17) is 0 Å². The van der Waals surface area contributed by atoms with E-state index in [9.17, 15) is 4.79 Å². The van der Waals surface area contributed by atoms with Gasteiger partial charge in [0.15, 0.2) is 0 Å². The summed E-state index contributed by atoms with van der Waals surface area (Å²) >= 11 is 0. The van der Waals surface area contributed by atoms with Gasteiger partial charge in [-0.1, -0.05) is 25.5 Å². The van der Waals surface area contributed by atoms with E-state index in [-0.39, 0.29) is 5.91 Å². The van der Waals surface area contributed by atoms with Crippen molar-refractivity contribution >= 4 is 22.5 Å². The van der Waals surface area contributed by atoms with E-state index >= 15 is 0 Å². The Labute approximate surface area is 165 Å². The van der Waals surface area contributed by atoms with Gasteiger partial charge >= 0.3 is 0 Å². The van der Waals surface area contributed by atoms with Gasteiger partial charge in [0.25, 0.3) is 0 Å². The molecule has 6 heteroatoms. The molecule has 146 valence electrons. The fourth-order valence-corrected chi connectivity index (χ4v) is 4.20. The van der Waals surface area contributed by atoms with E-state index in [1.807, 2.05) is 24.5 Å². The van der Waals surface area contributed by atoms with Crippen molar-refractivity contribution in [3.8, 4) is 11.1 Å². The van der Waals surface area contributed by atoms with Gasteiger partial charge in [-0.3, -0.25) is 14.8 Å². The number of fused-ring (bicyclic) bond motifs is 1. The van der Waals surface area contributed by atoms with Crippen molar-refractivity contribution in [2.24, 2.45) is 0 Å². The minimum absolute atomic E-state index is 0.00712. The Morgan fingerprint density at radius 3 is 2.89 bits per heavy atom. The Morgan fingerprint density at radius 2 is 2.11 bits per heavy atom. The first-order valence-electron chi connectivity index (χ1n) is 10.1. The van der Waals surface area contributed by atoms with E-state index in [0.717, 1.165) is 34.7 Å². The number of benzene rings is 1. The molecule has 28 heavy (non-hydrogen) atoms. The van der Waals surface area contributed by atoms with Crippen LogP contribution < -0.4 is 5.32 Å². The highest BCUT2D eigenvalue weighted by molar-refractivity contribution is 5.94. The summed E-state index contributed by atoms with van der Waals surface area (Å²) in [5, 5.41) is 11.9. The first-order valence-corrected chi connectivity index (χ1v) is 10.1. The second-order valence-electron chi connectivity index (χ2n) is 7.71. The molecule has 1 aromatic carbocycles. The van der Waals surface area contributed by atoms with Gasteiger partial charge in [0.1, 0.15) is 5.82 Å². The number of pyridine rings is 1. The first kappa shape index (κ1) is 18.6. The van der Waals surface area contributed by atoms with Gasteiger partial charge in [0.05, 0.1) is 12.7 Å². The summed E-state index contributed by atoms with van der Waals surface area (Å²) in [4.78, 5) is 19.4. The van der Waals surface area contributed by atoms with Crippen molar-refractivity contribution in [3.05, 3.63) is 42.9 Å². The quantitative estimate of drug-likeness (QED) is 0.675. The van der Waals surface area contributed by atoms with Crippen molar-refractivity contribution in [1.82, 2.24) is 20.1 Å². The van der Waals surface area contributed by atoms with Crippen LogP contribution in [0.4, 0.5) is 5.82 Å². The number of rotatable bonds is 6. The van der Waals surface area contributed by atoms with Crippen LogP contribution in [0.25, 0.3) is 21.9 Å². The Bertz CT molecular complexity index is 951. The third-order valence-corrected chi connectivity index (χ3v) is 5.72. The van der Waals surface area contributed by atoms with Gasteiger partial charge in [0.2, 0.25) is 5.91 Å². The molecular weight excluding hydrogens is 350 g/mol. The SMILES string of the molecule is CCCC1CCC(C)N1CC(=O)Nc1cc2cc(-c3cn[nH]c3)ccc2cn1. The molecule has 1 amide bonds. The lowest BCUT2D eigenvalue weighted by Crippen LogP contribution is -2.40. The molecule has 0 bridgehead atoms. The molecule has 1 fully saturated rings.